The van der Waals surface area contributed by atoms with Crippen LogP contribution in [0, 0.1) is 0 Å². The Hall–Kier alpha value is -1.26. The molecular weight excluding hydrogens is 483 g/mol. The number of hydrogen-bond acceptors (Lipinski definition) is 4. The van der Waals surface area contributed by atoms with Crippen LogP contribution in [0.3, 0.4) is 0 Å². The number of likely N-dealkylation sites (tertiary alicyclic amines) is 1. The lowest BCUT2D eigenvalue weighted by atomic mass is 10.1. The summed E-state index contributed by atoms with van der Waals surface area (Å²) in [6, 6.07) is 7.89. The van der Waals surface area contributed by atoms with Gasteiger partial charge < -0.3 is 25.0 Å². The van der Waals surface area contributed by atoms with E-state index >= 15 is 0 Å². The number of nitrogens with zero attached hydrogens (tertiary/aromatic N) is 2. The predicted molar refractivity (Wildman–Crippen MR) is 118 cm³/mol. The number of halogens is 2. The van der Waals surface area contributed by atoms with Gasteiger partial charge in [0.2, 0.25) is 0 Å². The van der Waals surface area contributed by atoms with Crippen LogP contribution in [0.5, 0.6) is 0 Å². The van der Waals surface area contributed by atoms with E-state index in [4.69, 9.17) is 21.1 Å². The molecule has 1 aromatic carbocycles. The Kier molecular flexibility index (Phi) is 10.8. The Morgan fingerprint density at radius 1 is 1.37 bits per heavy atom. The lowest BCUT2D eigenvalue weighted by Gasteiger charge is -2.32. The van der Waals surface area contributed by atoms with Gasteiger partial charge in [0.25, 0.3) is 0 Å². The second-order valence-corrected chi connectivity index (χ2v) is 6.54. The summed E-state index contributed by atoms with van der Waals surface area (Å²) in [4.78, 5) is 17.5. The molecule has 0 radical (unpaired) electrons. The minimum absolute atomic E-state index is 0. The number of aliphatic imine (C=N–C) groups is 1. The smallest absolute Gasteiger partial charge is 0.409 e. The zero-order valence-corrected chi connectivity index (χ0v) is 19.0. The molecule has 0 spiro atoms. The van der Waals surface area contributed by atoms with Crippen molar-refractivity contribution < 1.29 is 14.3 Å². The van der Waals surface area contributed by atoms with Gasteiger partial charge in [0.15, 0.2) is 5.96 Å². The summed E-state index contributed by atoms with van der Waals surface area (Å²) in [5.74, 6) is 0.714. The maximum atomic E-state index is 11.5. The van der Waals surface area contributed by atoms with E-state index in [1.165, 1.54) is 7.11 Å². The van der Waals surface area contributed by atoms with Gasteiger partial charge in [0.1, 0.15) is 0 Å². The zero-order chi connectivity index (χ0) is 18.9. The Labute approximate surface area is 182 Å². The monoisotopic (exact) mass is 510 g/mol. The second kappa shape index (κ2) is 12.2. The Bertz CT molecular complexity index is 624. The van der Waals surface area contributed by atoms with Crippen LogP contribution >= 0.6 is 35.6 Å². The molecule has 1 atom stereocenters. The van der Waals surface area contributed by atoms with Crippen LogP contribution in [0.1, 0.15) is 24.5 Å². The molecule has 1 aliphatic rings. The number of benzene rings is 1. The lowest BCUT2D eigenvalue weighted by molar-refractivity contribution is 0.105. The maximum absolute atomic E-state index is 11.5. The average molecular weight is 511 g/mol. The first kappa shape index (κ1) is 23.8. The number of rotatable bonds is 5. The van der Waals surface area contributed by atoms with Gasteiger partial charge in [0, 0.05) is 44.9 Å². The molecule has 1 heterocycles. The van der Waals surface area contributed by atoms with Crippen molar-refractivity contribution in [2.24, 2.45) is 4.99 Å². The molecule has 0 aliphatic carbocycles. The van der Waals surface area contributed by atoms with Crippen molar-refractivity contribution in [3.8, 4) is 0 Å². The van der Waals surface area contributed by atoms with Crippen LogP contribution in [0.4, 0.5) is 4.79 Å². The molecule has 1 aliphatic heterocycles. The molecule has 2 rings (SSSR count). The van der Waals surface area contributed by atoms with E-state index in [1.54, 1.807) is 19.1 Å². The standard InChI is InChI=1S/C18H27ClN4O3.HI/c1-20-17(22-15-7-9-23(10-8-15)18(24)26-3)21-12-16(25-2)13-5-4-6-14(19)11-13;/h4-6,11,15-16H,7-10,12H2,1-3H3,(H2,20,21,22);1H. The maximum Gasteiger partial charge on any atom is 0.409 e. The fourth-order valence-corrected chi connectivity index (χ4v) is 3.16. The summed E-state index contributed by atoms with van der Waals surface area (Å²) in [6.07, 6.45) is 1.29. The normalized spacial score (nSPS) is 16.3. The molecule has 0 aromatic heterocycles. The van der Waals surface area contributed by atoms with Crippen LogP contribution in [0.25, 0.3) is 0 Å². The van der Waals surface area contributed by atoms with Crippen molar-refractivity contribution in [2.45, 2.75) is 25.0 Å². The third-order valence-electron chi connectivity index (χ3n) is 4.45. The van der Waals surface area contributed by atoms with E-state index in [-0.39, 0.29) is 42.2 Å². The Balaban J connectivity index is 0.00000364. The Morgan fingerprint density at radius 3 is 2.63 bits per heavy atom. The van der Waals surface area contributed by atoms with Crippen molar-refractivity contribution >= 4 is 47.6 Å². The number of nitrogens with one attached hydrogen (secondary N) is 2. The van der Waals surface area contributed by atoms with Crippen molar-refractivity contribution in [3.63, 3.8) is 0 Å². The largest absolute Gasteiger partial charge is 0.453 e. The molecule has 152 valence electrons. The number of carbonyl (C=O) groups is 1. The van der Waals surface area contributed by atoms with Gasteiger partial charge in [0.05, 0.1) is 13.2 Å². The highest BCUT2D eigenvalue weighted by Gasteiger charge is 2.23. The highest BCUT2D eigenvalue weighted by atomic mass is 127. The van der Waals surface area contributed by atoms with E-state index in [0.29, 0.717) is 30.6 Å². The summed E-state index contributed by atoms with van der Waals surface area (Å²) >= 11 is 6.06. The van der Waals surface area contributed by atoms with Crippen molar-refractivity contribution in [2.75, 3.05) is 40.9 Å². The third kappa shape index (κ3) is 7.34. The van der Waals surface area contributed by atoms with Crippen LogP contribution in [-0.4, -0.2) is 63.9 Å². The number of ether oxygens (including phenoxy) is 2. The van der Waals surface area contributed by atoms with E-state index in [1.807, 2.05) is 24.3 Å². The fraction of sp³-hybridized carbons (Fsp3) is 0.556. The first-order valence-corrected chi connectivity index (χ1v) is 9.03. The molecule has 1 fully saturated rings. The van der Waals surface area contributed by atoms with Crippen LogP contribution in [0.2, 0.25) is 5.02 Å². The molecule has 1 aromatic rings. The molecule has 7 nitrogen and oxygen atoms in total. The average Bonchev–Trinajstić information content (AvgIpc) is 2.67. The molecule has 0 bridgehead atoms. The fourth-order valence-electron chi connectivity index (χ4n) is 2.96. The Morgan fingerprint density at radius 2 is 2.07 bits per heavy atom. The molecule has 9 heteroatoms. The summed E-state index contributed by atoms with van der Waals surface area (Å²) in [5, 5.41) is 7.38. The predicted octanol–water partition coefficient (Wildman–Crippen LogP) is 3.04. The molecule has 27 heavy (non-hydrogen) atoms. The molecule has 1 amide bonds. The van der Waals surface area contributed by atoms with E-state index in [0.717, 1.165) is 18.4 Å². The molecule has 1 saturated heterocycles. The van der Waals surface area contributed by atoms with Crippen LogP contribution < -0.4 is 10.6 Å². The van der Waals surface area contributed by atoms with Crippen molar-refractivity contribution in [1.82, 2.24) is 15.5 Å². The lowest BCUT2D eigenvalue weighted by Crippen LogP contribution is -2.50. The van der Waals surface area contributed by atoms with Gasteiger partial charge in [-0.1, -0.05) is 23.7 Å². The van der Waals surface area contributed by atoms with Gasteiger partial charge in [-0.3, -0.25) is 4.99 Å². The molecule has 0 saturated carbocycles. The van der Waals surface area contributed by atoms with Gasteiger partial charge in [-0.15, -0.1) is 24.0 Å². The van der Waals surface area contributed by atoms with Crippen molar-refractivity contribution in [3.05, 3.63) is 34.9 Å². The number of methoxy groups -OCH3 is 2. The van der Waals surface area contributed by atoms with Crippen molar-refractivity contribution in [1.29, 1.82) is 0 Å². The molecule has 2 N–H and O–H groups in total. The summed E-state index contributed by atoms with van der Waals surface area (Å²) in [5.41, 5.74) is 1.01. The highest BCUT2D eigenvalue weighted by Crippen LogP contribution is 2.19. The zero-order valence-electron chi connectivity index (χ0n) is 15.9. The van der Waals surface area contributed by atoms with E-state index in [9.17, 15) is 4.79 Å². The first-order valence-electron chi connectivity index (χ1n) is 8.65. The number of amides is 1. The number of guanidine groups is 1. The highest BCUT2D eigenvalue weighted by molar-refractivity contribution is 14.0. The number of hydrogen-bond donors (Lipinski definition) is 2. The first-order chi connectivity index (χ1) is 12.6. The summed E-state index contributed by atoms with van der Waals surface area (Å²) in [7, 11) is 4.82. The summed E-state index contributed by atoms with van der Waals surface area (Å²) < 4.78 is 10.3. The van der Waals surface area contributed by atoms with Gasteiger partial charge >= 0.3 is 6.09 Å². The van der Waals surface area contributed by atoms with E-state index < -0.39 is 0 Å². The SMILES string of the molecule is CN=C(NCC(OC)c1cccc(Cl)c1)NC1CCN(C(=O)OC)CC1.I. The van der Waals surface area contributed by atoms with Gasteiger partial charge in [-0.25, -0.2) is 4.79 Å². The number of carbonyl (C=O) groups excluding carboxylic acids is 1. The quantitative estimate of drug-likeness (QED) is 0.362. The topological polar surface area (TPSA) is 75.2 Å². The molecular formula is C18H28ClIN4O3. The molecule has 1 unspecified atom stereocenters. The van der Waals surface area contributed by atoms with Crippen LogP contribution in [0.15, 0.2) is 29.3 Å². The minimum Gasteiger partial charge on any atom is -0.453 e. The van der Waals surface area contributed by atoms with Gasteiger partial charge in [-0.2, -0.15) is 0 Å². The van der Waals surface area contributed by atoms with Crippen LogP contribution in [-0.2, 0) is 9.47 Å². The van der Waals surface area contributed by atoms with E-state index in [2.05, 4.69) is 15.6 Å². The second-order valence-electron chi connectivity index (χ2n) is 6.11. The summed E-state index contributed by atoms with van der Waals surface area (Å²) in [6.45, 7) is 1.91. The number of piperidine rings is 1. The minimum atomic E-state index is -0.268. The third-order valence-corrected chi connectivity index (χ3v) is 4.69. The van der Waals surface area contributed by atoms with Gasteiger partial charge in [-0.05, 0) is 30.5 Å².